The van der Waals surface area contributed by atoms with E-state index < -0.39 is 50.0 Å². The van der Waals surface area contributed by atoms with Crippen molar-refractivity contribution in [2.75, 3.05) is 21.7 Å². The van der Waals surface area contributed by atoms with Gasteiger partial charge in [0.15, 0.2) is 11.6 Å². The molecule has 59 heavy (non-hydrogen) atoms. The lowest BCUT2D eigenvalue weighted by Gasteiger charge is -2.31. The Balaban J connectivity index is 0.000000227. The van der Waals surface area contributed by atoms with Crippen LogP contribution in [0, 0.1) is 0 Å². The number of rotatable bonds is 16. The summed E-state index contributed by atoms with van der Waals surface area (Å²) >= 11 is 0. The van der Waals surface area contributed by atoms with Crippen LogP contribution in [0.25, 0.3) is 0 Å². The molecule has 0 saturated heterocycles. The molecule has 2 fully saturated rings. The minimum atomic E-state index is -3.58. The summed E-state index contributed by atoms with van der Waals surface area (Å²) in [5, 5.41) is 1.13. The Hall–Kier alpha value is -4.99. The Kier molecular flexibility index (Phi) is 16.3. The highest BCUT2D eigenvalue weighted by Crippen LogP contribution is 2.32. The first-order valence-corrected chi connectivity index (χ1v) is 22.9. The molecule has 0 spiro atoms. The predicted octanol–water partition coefficient (Wildman–Crippen LogP) is 7.42. The van der Waals surface area contributed by atoms with E-state index in [4.69, 9.17) is 5.73 Å². The zero-order valence-electron chi connectivity index (χ0n) is 32.9. The van der Waals surface area contributed by atoms with Crippen LogP contribution in [0.15, 0.2) is 109 Å². The van der Waals surface area contributed by atoms with Crippen molar-refractivity contribution in [3.63, 3.8) is 0 Å². The van der Waals surface area contributed by atoms with Crippen molar-refractivity contribution in [3.05, 3.63) is 131 Å². The molecule has 3 N–H and O–H groups in total. The number of amides is 1. The Morgan fingerprint density at radius 2 is 0.949 bits per heavy atom. The molecular formula is C44H52F2N4O7S2. The van der Waals surface area contributed by atoms with E-state index in [9.17, 15) is 40.0 Å². The third-order valence-corrected chi connectivity index (χ3v) is 15.2. The molecule has 0 aliphatic heterocycles. The Morgan fingerprint density at radius 1 is 0.576 bits per heavy atom. The van der Waals surface area contributed by atoms with Crippen molar-refractivity contribution < 1.29 is 40.0 Å². The van der Waals surface area contributed by atoms with E-state index >= 15 is 0 Å². The van der Waals surface area contributed by atoms with Gasteiger partial charge < -0.3 is 11.1 Å². The van der Waals surface area contributed by atoms with Gasteiger partial charge in [-0.15, -0.1) is 0 Å². The zero-order chi connectivity index (χ0) is 42.4. The summed E-state index contributed by atoms with van der Waals surface area (Å²) in [6.07, 6.45) is 5.40. The van der Waals surface area contributed by atoms with Gasteiger partial charge in [0.05, 0.1) is 48.1 Å². The number of carbonyl (C=O) groups is 3. The van der Waals surface area contributed by atoms with Crippen LogP contribution in [-0.2, 0) is 37.9 Å². The van der Waals surface area contributed by atoms with E-state index in [-0.39, 0.29) is 36.2 Å². The van der Waals surface area contributed by atoms with Crippen LogP contribution in [0.3, 0.4) is 0 Å². The number of alkyl halides is 2. The standard InChI is InChI=1S/C23H26F2N2O4S.C21H26N2O3S/c24-22(25)23(29)26-15-21(28)18-13-11-17(12-14-18)16-27(19-7-3-1-4-8-19)32(30,31)20-9-5-2-6-10-20;22-15-21(24)18-13-11-17(12-14-18)16-23(19-7-3-1-4-8-19)27(25,26)20-9-5-2-6-10-20/h1,3-4,7-8,11-14,20,22H,2,5-6,9-10,15-16H2,(H,26,29);1,3-4,7-8,11-14,20H,2,5-6,9-10,15-16,22H2. The molecule has 15 heteroatoms. The number of hydrogen-bond acceptors (Lipinski definition) is 8. The van der Waals surface area contributed by atoms with Crippen molar-refractivity contribution in [1.82, 2.24) is 5.32 Å². The molecule has 4 aromatic carbocycles. The summed E-state index contributed by atoms with van der Waals surface area (Å²) < 4.78 is 81.0. The van der Waals surface area contributed by atoms with Crippen LogP contribution in [0.1, 0.15) is 96.1 Å². The maximum Gasteiger partial charge on any atom is 0.315 e. The molecule has 0 atom stereocenters. The second-order valence-electron chi connectivity index (χ2n) is 14.8. The summed E-state index contributed by atoms with van der Waals surface area (Å²) in [5.74, 6) is -2.14. The van der Waals surface area contributed by atoms with Crippen molar-refractivity contribution in [2.24, 2.45) is 5.73 Å². The summed E-state index contributed by atoms with van der Waals surface area (Å²) in [6, 6.07) is 31.4. The molecule has 0 bridgehead atoms. The minimum absolute atomic E-state index is 0.0362. The Labute approximate surface area is 346 Å². The smallest absolute Gasteiger partial charge is 0.315 e. The summed E-state index contributed by atoms with van der Waals surface area (Å²) in [6.45, 7) is -0.209. The fourth-order valence-electron chi connectivity index (χ4n) is 7.32. The van der Waals surface area contributed by atoms with Gasteiger partial charge in [0.2, 0.25) is 20.0 Å². The molecule has 11 nitrogen and oxygen atoms in total. The molecule has 1 amide bonds. The quantitative estimate of drug-likeness (QED) is 0.110. The number of para-hydroxylation sites is 2. The number of halogens is 2. The van der Waals surface area contributed by atoms with Crippen molar-refractivity contribution in [1.29, 1.82) is 0 Å². The maximum atomic E-state index is 13.4. The van der Waals surface area contributed by atoms with E-state index in [2.05, 4.69) is 0 Å². The normalized spacial score (nSPS) is 15.1. The topological polar surface area (TPSA) is 164 Å². The van der Waals surface area contributed by atoms with Gasteiger partial charge in [0, 0.05) is 11.1 Å². The molecular weight excluding hydrogens is 799 g/mol. The predicted molar refractivity (Wildman–Crippen MR) is 226 cm³/mol. The lowest BCUT2D eigenvalue weighted by molar-refractivity contribution is -0.131. The summed E-state index contributed by atoms with van der Waals surface area (Å²) in [5.41, 5.74) is 8.96. The van der Waals surface area contributed by atoms with Gasteiger partial charge in [0.1, 0.15) is 0 Å². The Morgan fingerprint density at radius 3 is 1.31 bits per heavy atom. The highest BCUT2D eigenvalue weighted by atomic mass is 32.2. The molecule has 0 heterocycles. The van der Waals surface area contributed by atoms with Crippen LogP contribution in [-0.4, -0.2) is 64.3 Å². The SMILES string of the molecule is NCC(=O)c1ccc(CN(c2ccccc2)S(=O)(=O)C2CCCCC2)cc1.O=C(CNC(=O)C(F)F)c1ccc(CN(c2ccccc2)S(=O)(=O)C2CCCCC2)cc1. The molecule has 0 radical (unpaired) electrons. The molecule has 6 rings (SSSR count). The second kappa shape index (κ2) is 21.3. The molecule has 2 saturated carbocycles. The van der Waals surface area contributed by atoms with Gasteiger partial charge >= 0.3 is 6.43 Å². The number of carbonyl (C=O) groups excluding carboxylic acids is 3. The number of nitrogens with two attached hydrogens (primary N) is 1. The monoisotopic (exact) mass is 850 g/mol. The number of Topliss-reactive ketones (excluding diaryl/α,β-unsaturated/α-hetero) is 2. The van der Waals surface area contributed by atoms with E-state index in [1.165, 1.54) is 20.7 Å². The molecule has 0 unspecified atom stereocenters. The average Bonchev–Trinajstić information content (AvgIpc) is 3.27. The lowest BCUT2D eigenvalue weighted by atomic mass is 10.0. The van der Waals surface area contributed by atoms with Crippen molar-refractivity contribution in [2.45, 2.75) is 94.2 Å². The molecule has 2 aliphatic rings. The number of ketones is 2. The highest BCUT2D eigenvalue weighted by Gasteiger charge is 2.35. The fraction of sp³-hybridized carbons (Fsp3) is 0.386. The summed E-state index contributed by atoms with van der Waals surface area (Å²) in [7, 11) is -7.04. The number of nitrogens with one attached hydrogen (secondary N) is 1. The third-order valence-electron chi connectivity index (χ3n) is 10.7. The number of anilines is 2. The largest absolute Gasteiger partial charge is 0.344 e. The molecule has 0 aromatic heterocycles. The van der Waals surface area contributed by atoms with E-state index in [0.29, 0.717) is 35.3 Å². The van der Waals surface area contributed by atoms with Crippen LogP contribution >= 0.6 is 0 Å². The maximum absolute atomic E-state index is 13.4. The van der Waals surface area contributed by atoms with Crippen LogP contribution in [0.4, 0.5) is 20.2 Å². The Bertz CT molecular complexity index is 2200. The van der Waals surface area contributed by atoms with E-state index in [1.807, 2.05) is 41.7 Å². The van der Waals surface area contributed by atoms with Gasteiger partial charge in [-0.1, -0.05) is 123 Å². The first-order valence-electron chi connectivity index (χ1n) is 19.9. The lowest BCUT2D eigenvalue weighted by Crippen LogP contribution is -2.39. The van der Waals surface area contributed by atoms with E-state index in [1.54, 1.807) is 60.7 Å². The van der Waals surface area contributed by atoms with Crippen molar-refractivity contribution >= 4 is 48.9 Å². The van der Waals surface area contributed by atoms with Crippen molar-refractivity contribution in [3.8, 4) is 0 Å². The van der Waals surface area contributed by atoms with Gasteiger partial charge in [0.25, 0.3) is 5.91 Å². The third kappa shape index (κ3) is 12.3. The van der Waals surface area contributed by atoms with Gasteiger partial charge in [-0.2, -0.15) is 8.78 Å². The van der Waals surface area contributed by atoms with Crippen LogP contribution < -0.4 is 19.7 Å². The highest BCUT2D eigenvalue weighted by molar-refractivity contribution is 7.93. The number of hydrogen-bond donors (Lipinski definition) is 2. The minimum Gasteiger partial charge on any atom is -0.344 e. The first kappa shape index (κ1) is 45.1. The van der Waals surface area contributed by atoms with Gasteiger partial charge in [-0.3, -0.25) is 23.0 Å². The number of sulfonamides is 2. The summed E-state index contributed by atoms with van der Waals surface area (Å²) in [4.78, 5) is 34.8. The molecule has 316 valence electrons. The van der Waals surface area contributed by atoms with Crippen LogP contribution in [0.5, 0.6) is 0 Å². The zero-order valence-corrected chi connectivity index (χ0v) is 34.6. The second-order valence-corrected chi connectivity index (χ2v) is 19.0. The van der Waals surface area contributed by atoms with Gasteiger partial charge in [-0.05, 0) is 61.1 Å². The first-order chi connectivity index (χ1) is 28.3. The number of benzene rings is 4. The molecule has 4 aromatic rings. The fourth-order valence-corrected chi connectivity index (χ4v) is 11.4. The van der Waals surface area contributed by atoms with Crippen LogP contribution in [0.2, 0.25) is 0 Å². The average molecular weight is 851 g/mol. The molecule has 2 aliphatic carbocycles. The number of nitrogens with zero attached hydrogens (tertiary/aromatic N) is 2. The van der Waals surface area contributed by atoms with E-state index in [0.717, 1.165) is 56.9 Å². The van der Waals surface area contributed by atoms with Gasteiger partial charge in [-0.25, -0.2) is 16.8 Å².